The number of aldehydes is 1. The molecule has 0 aromatic carbocycles. The van der Waals surface area contributed by atoms with Crippen molar-refractivity contribution in [2.75, 3.05) is 7.11 Å². The number of ether oxygens (including phenoxy) is 1. The second kappa shape index (κ2) is 32.8. The fraction of sp³-hybridized carbons (Fsp3) is 0.333. The molecule has 1 N–H and O–H groups in total. The summed E-state index contributed by atoms with van der Waals surface area (Å²) in [6.07, 6.45) is 32.2. The van der Waals surface area contributed by atoms with Gasteiger partial charge in [0.25, 0.3) is 0 Å². The number of carbonyl (C=O) groups excluding carboxylic acids is 2. The van der Waals surface area contributed by atoms with Crippen LogP contribution in [-0.4, -0.2) is 90.5 Å². The molecule has 4 heterocycles. The zero-order valence-corrected chi connectivity index (χ0v) is 43.1. The molecule has 0 unspecified atom stereocenters. The number of pyridine rings is 4. The second-order valence-corrected chi connectivity index (χ2v) is 15.2. The Morgan fingerprint density at radius 3 is 1.63 bits per heavy atom. The maximum Gasteiger partial charge on any atom is 2.00 e. The summed E-state index contributed by atoms with van der Waals surface area (Å²) < 4.78 is 7.25. The molecular weight excluding hydrogens is 1070 g/mol. The smallest absolute Gasteiger partial charge is 1.00 e. The normalized spacial score (nSPS) is 13.9. The van der Waals surface area contributed by atoms with Crippen molar-refractivity contribution >= 4 is 117 Å². The number of nitrogens with zero attached hydrogens (tertiary/aromatic N) is 4. The molecule has 0 radical (unpaired) electrons. The first-order valence-corrected chi connectivity index (χ1v) is 20.0. The number of hydrogen-bond acceptors (Lipinski definition) is 8. The van der Waals surface area contributed by atoms with Crippen LogP contribution in [0.1, 0.15) is 114 Å². The standard InChI is InChI=1S/C11H11NO.C10H12BrNO.C10H10BrN.C7H6BrNO2.C4H8.2BrH.2Mg/c13-8-9-5-11(7-12-6-9)10-3-1-2-4-10;11-9-5-8(6-12-7-9)10(13)3-1-2-4-10;11-10-5-9(6-12-7-10)8-3-1-2-4-8;1-11-7(10)5-2-6(8)4-9-3-5;1-3-4-2;;;;/h3,5-8H,1-2,4H2;5-7,13H,1-4H2;3,5-7H,1-2,4H2;2-4H,1H3;1-4H2;2*1H;;/q;;;;-2;;;2*+2/p-2. The van der Waals surface area contributed by atoms with Gasteiger partial charge >= 0.3 is 52.1 Å². The van der Waals surface area contributed by atoms with E-state index >= 15 is 0 Å². The summed E-state index contributed by atoms with van der Waals surface area (Å²) in [5.74, 6) is -0.376. The monoisotopic (exact) mass is 1110 g/mol. The first-order chi connectivity index (χ1) is 25.6. The molecule has 1 saturated carbocycles. The molecule has 7 rings (SSSR count). The zero-order chi connectivity index (χ0) is 38.5. The molecule has 4 aromatic heterocycles. The van der Waals surface area contributed by atoms with Gasteiger partial charge in [0.1, 0.15) is 0 Å². The van der Waals surface area contributed by atoms with Crippen molar-refractivity contribution in [2.45, 2.75) is 82.7 Å². The zero-order valence-electron chi connectivity index (χ0n) is 32.3. The van der Waals surface area contributed by atoms with Crippen LogP contribution in [0.25, 0.3) is 11.1 Å². The Kier molecular flexibility index (Phi) is 33.5. The van der Waals surface area contributed by atoms with Crippen LogP contribution < -0.4 is 34.0 Å². The van der Waals surface area contributed by atoms with Crippen molar-refractivity contribution in [3.05, 3.63) is 141 Å². The number of hydrogen-bond donors (Lipinski definition) is 1. The van der Waals surface area contributed by atoms with Crippen LogP contribution >= 0.6 is 47.8 Å². The van der Waals surface area contributed by atoms with Gasteiger partial charge in [0.15, 0.2) is 6.29 Å². The van der Waals surface area contributed by atoms with Gasteiger partial charge in [-0.2, -0.15) is 0 Å². The van der Waals surface area contributed by atoms with Crippen molar-refractivity contribution in [1.29, 1.82) is 0 Å². The van der Waals surface area contributed by atoms with Crippen molar-refractivity contribution in [3.63, 3.8) is 0 Å². The van der Waals surface area contributed by atoms with Crippen LogP contribution in [-0.2, 0) is 10.3 Å². The molecular formula is C42H47Br5Mg2N4O4. The third-order valence-electron chi connectivity index (χ3n) is 8.47. The van der Waals surface area contributed by atoms with Gasteiger partial charge in [-0.1, -0.05) is 25.0 Å². The number of aliphatic hydroxyl groups is 1. The third-order valence-corrected chi connectivity index (χ3v) is 9.77. The van der Waals surface area contributed by atoms with Crippen LogP contribution in [0.15, 0.2) is 99.4 Å². The molecule has 8 nitrogen and oxygen atoms in total. The fourth-order valence-corrected chi connectivity index (χ4v) is 6.80. The van der Waals surface area contributed by atoms with Gasteiger partial charge in [-0.3, -0.25) is 24.7 Å². The predicted octanol–water partition coefficient (Wildman–Crippen LogP) is 4.79. The van der Waals surface area contributed by atoms with Crippen LogP contribution in [0.4, 0.5) is 0 Å². The van der Waals surface area contributed by atoms with E-state index in [0.29, 0.717) is 11.1 Å². The molecule has 0 atom stereocenters. The molecule has 3 aliphatic carbocycles. The van der Waals surface area contributed by atoms with Gasteiger partial charge in [0.05, 0.1) is 18.3 Å². The van der Waals surface area contributed by atoms with E-state index in [1.807, 2.05) is 30.7 Å². The summed E-state index contributed by atoms with van der Waals surface area (Å²) in [6, 6.07) is 7.64. The van der Waals surface area contributed by atoms with Crippen LogP contribution in [0.5, 0.6) is 0 Å². The van der Waals surface area contributed by atoms with Crippen molar-refractivity contribution in [3.8, 4) is 0 Å². The van der Waals surface area contributed by atoms with Crippen molar-refractivity contribution < 1.29 is 53.4 Å². The molecule has 0 aliphatic heterocycles. The molecule has 0 saturated heterocycles. The molecule has 1 fully saturated rings. The van der Waals surface area contributed by atoms with Crippen LogP contribution in [0.3, 0.4) is 0 Å². The molecule has 3 aliphatic rings. The molecule has 0 spiro atoms. The summed E-state index contributed by atoms with van der Waals surface area (Å²) in [6.45, 7) is 7.08. The maximum atomic E-state index is 10.9. The molecule has 4 aromatic rings. The Hall–Kier alpha value is -0.888. The minimum absolute atomic E-state index is 0. The summed E-state index contributed by atoms with van der Waals surface area (Å²) in [5.41, 5.74) is 6.58. The van der Waals surface area contributed by atoms with Gasteiger partial charge in [0.2, 0.25) is 0 Å². The summed E-state index contributed by atoms with van der Waals surface area (Å²) in [7, 11) is 1.34. The minimum Gasteiger partial charge on any atom is -1.00 e. The second-order valence-electron chi connectivity index (χ2n) is 12.5. The molecule has 298 valence electrons. The predicted molar refractivity (Wildman–Crippen MR) is 234 cm³/mol. The molecule has 57 heavy (non-hydrogen) atoms. The number of unbranched alkanes of at least 4 members (excludes halogenated alkanes) is 1. The SMILES string of the molecule is Brc1cncc(C2=CCCC2)c1.COC(=O)c1cncc(Br)c1.O=Cc1cncc(C2=CCCC2)c1.OC1(c2cncc(Br)c2)CCCC1.[Br-].[Br-].[CH2-]CC[CH2-].[Mg+2].[Mg+2]. The van der Waals surface area contributed by atoms with E-state index in [2.05, 4.69) is 105 Å². The average Bonchev–Trinajstić information content (AvgIpc) is 4.01. The first-order valence-electron chi connectivity index (χ1n) is 17.6. The van der Waals surface area contributed by atoms with E-state index in [0.717, 1.165) is 82.2 Å². The molecule has 0 bridgehead atoms. The number of methoxy groups -OCH3 is 1. The average molecular weight is 1120 g/mol. The van der Waals surface area contributed by atoms with E-state index in [4.69, 9.17) is 0 Å². The minimum atomic E-state index is -0.614. The Morgan fingerprint density at radius 1 is 0.719 bits per heavy atom. The number of allylic oxidation sites excluding steroid dienone is 4. The summed E-state index contributed by atoms with van der Waals surface area (Å²) >= 11 is 9.97. The number of carbonyl (C=O) groups is 2. The fourth-order valence-electron chi connectivity index (χ4n) is 5.71. The Labute approximate surface area is 417 Å². The topological polar surface area (TPSA) is 115 Å². The van der Waals surface area contributed by atoms with Crippen molar-refractivity contribution in [2.24, 2.45) is 0 Å². The van der Waals surface area contributed by atoms with Gasteiger partial charge in [-0.05, 0) is 146 Å². The van der Waals surface area contributed by atoms with Crippen molar-refractivity contribution in [1.82, 2.24) is 19.9 Å². The van der Waals surface area contributed by atoms with E-state index in [1.165, 1.54) is 55.7 Å². The first kappa shape index (κ1) is 58.2. The van der Waals surface area contributed by atoms with Gasteiger partial charge in [0, 0.05) is 74.1 Å². The van der Waals surface area contributed by atoms with E-state index in [9.17, 15) is 14.7 Å². The Balaban J connectivity index is 0. The van der Waals surface area contributed by atoms with Crippen LogP contribution in [0.2, 0.25) is 0 Å². The van der Waals surface area contributed by atoms with Gasteiger partial charge in [-0.25, -0.2) is 17.6 Å². The number of aromatic nitrogens is 4. The largest absolute Gasteiger partial charge is 2.00 e. The number of halogens is 5. The summed E-state index contributed by atoms with van der Waals surface area (Å²) in [4.78, 5) is 37.4. The molecule has 15 heteroatoms. The quantitative estimate of drug-likeness (QED) is 0.127. The van der Waals surface area contributed by atoms with Gasteiger partial charge < -0.3 is 57.7 Å². The van der Waals surface area contributed by atoms with Crippen LogP contribution in [0, 0.1) is 13.8 Å². The number of esters is 1. The van der Waals surface area contributed by atoms with E-state index in [1.54, 1.807) is 30.9 Å². The third kappa shape index (κ3) is 21.5. The Bertz CT molecular complexity index is 1830. The van der Waals surface area contributed by atoms with Gasteiger partial charge in [-0.15, -0.1) is 0 Å². The Morgan fingerprint density at radius 2 is 1.19 bits per heavy atom. The summed E-state index contributed by atoms with van der Waals surface area (Å²) in [5, 5.41) is 10.2. The molecule has 0 amide bonds. The van der Waals surface area contributed by atoms with E-state index < -0.39 is 5.60 Å². The maximum absolute atomic E-state index is 10.9. The number of rotatable bonds is 6. The van der Waals surface area contributed by atoms with E-state index in [-0.39, 0.29) is 86.0 Å².